The minimum absolute atomic E-state index is 0.00144. The maximum atomic E-state index is 9.93. The van der Waals surface area contributed by atoms with Gasteiger partial charge in [-0.2, -0.15) is 4.98 Å². The molecule has 5 atom stereocenters. The van der Waals surface area contributed by atoms with Gasteiger partial charge in [0.2, 0.25) is 0 Å². The molecule has 2 heterocycles. The molecule has 0 saturated heterocycles. The van der Waals surface area contributed by atoms with E-state index in [1.54, 1.807) is 6.92 Å². The maximum absolute atomic E-state index is 9.93. The molecule has 0 amide bonds. The number of nitrogens with one attached hydrogen (secondary N) is 2. The molecule has 0 spiro atoms. The van der Waals surface area contributed by atoms with Crippen LogP contribution < -0.4 is 10.4 Å². The van der Waals surface area contributed by atoms with Gasteiger partial charge in [-0.1, -0.05) is 66.7 Å². The number of benzene rings is 1. The number of rotatable bonds is 13. The lowest BCUT2D eigenvalue weighted by molar-refractivity contribution is 0.0715. The van der Waals surface area contributed by atoms with E-state index < -0.39 is 6.10 Å². The molecule has 5 unspecified atom stereocenters. The second-order valence-electron chi connectivity index (χ2n) is 8.75. The molecule has 1 aromatic carbocycles. The van der Waals surface area contributed by atoms with Gasteiger partial charge in [0.25, 0.3) is 0 Å². The first-order chi connectivity index (χ1) is 16.7. The summed E-state index contributed by atoms with van der Waals surface area (Å²) >= 11 is 9.33. The predicted octanol–water partition coefficient (Wildman–Crippen LogP) is 6.12. The van der Waals surface area contributed by atoms with Gasteiger partial charge in [0.15, 0.2) is 21.8 Å². The van der Waals surface area contributed by atoms with Gasteiger partial charge in [0.05, 0.1) is 24.9 Å². The molecular weight excluding hydrogens is 525 g/mol. The van der Waals surface area contributed by atoms with E-state index in [0.29, 0.717) is 32.7 Å². The first kappa shape index (κ1) is 28.3. The van der Waals surface area contributed by atoms with Crippen LogP contribution >= 0.6 is 43.7 Å². The second-order valence-corrected chi connectivity index (χ2v) is 12.2. The second kappa shape index (κ2) is 13.3. The van der Waals surface area contributed by atoms with Crippen molar-refractivity contribution in [3.05, 3.63) is 34.9 Å². The molecule has 3 aromatic rings. The zero-order valence-corrected chi connectivity index (χ0v) is 23.8. The minimum Gasteiger partial charge on any atom is -0.394 e. The summed E-state index contributed by atoms with van der Waals surface area (Å²) in [5.74, 6) is 1.06. The number of aliphatic hydroxyl groups is 2. The number of fused-ring (bicyclic) bond motifs is 1. The SMILES string of the molecule is CC(C)CC(CO)Nc1nc(SC(C)c2ccccc2Cl)nc2nc(NPOC(C)C(C)O)sc12. The van der Waals surface area contributed by atoms with Crippen LogP contribution in [-0.4, -0.2) is 50.0 Å². The Bertz CT molecular complexity index is 1100. The summed E-state index contributed by atoms with van der Waals surface area (Å²) in [5, 5.41) is 28.1. The zero-order valence-electron chi connectivity index (χ0n) is 20.4. The number of hydrogen-bond acceptors (Lipinski definition) is 10. The monoisotopic (exact) mass is 557 g/mol. The smallest absolute Gasteiger partial charge is 0.192 e. The van der Waals surface area contributed by atoms with E-state index in [1.165, 1.54) is 23.1 Å². The van der Waals surface area contributed by atoms with E-state index in [9.17, 15) is 10.2 Å². The molecule has 192 valence electrons. The van der Waals surface area contributed by atoms with Gasteiger partial charge in [-0.25, -0.2) is 9.97 Å². The Balaban J connectivity index is 1.88. The highest BCUT2D eigenvalue weighted by Crippen LogP contribution is 2.39. The third-order valence-electron chi connectivity index (χ3n) is 5.26. The zero-order chi connectivity index (χ0) is 25.5. The van der Waals surface area contributed by atoms with Crippen molar-refractivity contribution < 1.29 is 14.7 Å². The van der Waals surface area contributed by atoms with Crippen LogP contribution in [-0.2, 0) is 4.52 Å². The van der Waals surface area contributed by atoms with E-state index in [1.807, 2.05) is 31.2 Å². The van der Waals surface area contributed by atoms with Gasteiger partial charge in [0, 0.05) is 10.3 Å². The van der Waals surface area contributed by atoms with Crippen LogP contribution in [0.3, 0.4) is 0 Å². The lowest BCUT2D eigenvalue weighted by atomic mass is 10.0. The Morgan fingerprint density at radius 3 is 2.54 bits per heavy atom. The first-order valence-electron chi connectivity index (χ1n) is 11.5. The molecule has 35 heavy (non-hydrogen) atoms. The summed E-state index contributed by atoms with van der Waals surface area (Å²) in [4.78, 5) is 14.2. The molecule has 8 nitrogen and oxygen atoms in total. The number of anilines is 2. The molecule has 0 bridgehead atoms. The summed E-state index contributed by atoms with van der Waals surface area (Å²) in [6, 6.07) is 7.62. The summed E-state index contributed by atoms with van der Waals surface area (Å²) in [5.41, 5.74) is 1.58. The van der Waals surface area contributed by atoms with Gasteiger partial charge in [0.1, 0.15) is 13.7 Å². The molecule has 2 aromatic heterocycles. The molecule has 4 N–H and O–H groups in total. The molecule has 0 fully saturated rings. The Kier molecular flexibility index (Phi) is 10.8. The topological polar surface area (TPSA) is 112 Å². The van der Waals surface area contributed by atoms with Gasteiger partial charge < -0.3 is 25.1 Å². The van der Waals surface area contributed by atoms with Crippen LogP contribution in [0.4, 0.5) is 10.9 Å². The van der Waals surface area contributed by atoms with E-state index >= 15 is 0 Å². The highest BCUT2D eigenvalue weighted by Gasteiger charge is 2.20. The molecular formula is C23H33ClN5O3PS2. The van der Waals surface area contributed by atoms with Crippen molar-refractivity contribution in [1.82, 2.24) is 15.0 Å². The van der Waals surface area contributed by atoms with E-state index in [4.69, 9.17) is 26.1 Å². The van der Waals surface area contributed by atoms with Crippen molar-refractivity contribution in [2.75, 3.05) is 17.0 Å². The molecule has 0 aliphatic carbocycles. The molecule has 0 saturated carbocycles. The predicted molar refractivity (Wildman–Crippen MR) is 149 cm³/mol. The normalized spacial score (nSPS) is 15.6. The number of aromatic nitrogens is 3. The Hall–Kier alpha value is -1.26. The van der Waals surface area contributed by atoms with Gasteiger partial charge >= 0.3 is 0 Å². The summed E-state index contributed by atoms with van der Waals surface area (Å²) < 4.78 is 6.43. The number of halogens is 1. The number of hydrogen-bond donors (Lipinski definition) is 4. The van der Waals surface area contributed by atoms with Crippen LogP contribution in [0.15, 0.2) is 29.4 Å². The lowest BCUT2D eigenvalue weighted by Gasteiger charge is -2.19. The van der Waals surface area contributed by atoms with Crippen molar-refractivity contribution in [2.45, 2.75) is 69.7 Å². The van der Waals surface area contributed by atoms with Crippen molar-refractivity contribution in [2.24, 2.45) is 5.92 Å². The maximum Gasteiger partial charge on any atom is 0.192 e. The number of nitrogens with zero attached hydrogens (tertiary/aromatic N) is 3. The summed E-state index contributed by atoms with van der Waals surface area (Å²) in [6.07, 6.45) is -0.0445. The quantitative estimate of drug-likeness (QED) is 0.112. The average Bonchev–Trinajstić information content (AvgIpc) is 3.21. The van der Waals surface area contributed by atoms with Gasteiger partial charge in [-0.3, -0.25) is 0 Å². The molecule has 3 rings (SSSR count). The molecule has 0 aliphatic heterocycles. The first-order valence-corrected chi connectivity index (χ1v) is 14.5. The number of thiazole rings is 1. The fourth-order valence-electron chi connectivity index (χ4n) is 3.24. The Labute approximate surface area is 221 Å². The standard InChI is InChI=1S/C23H33ClN5O3PS2/c1-12(2)10-16(11-30)25-20-19-21(28-23(35-19)29-33-32-14(4)13(3)31)27-22(26-20)34-15(5)17-8-6-7-9-18(17)24/h6-9,12-16,30-31,33H,10-11H2,1-5H3,(H2,25,26,27,28,29). The Morgan fingerprint density at radius 2 is 1.89 bits per heavy atom. The number of thioether (sulfide) groups is 1. The van der Waals surface area contributed by atoms with Crippen molar-refractivity contribution in [1.29, 1.82) is 0 Å². The minimum atomic E-state index is -0.558. The van der Waals surface area contributed by atoms with E-state index in [2.05, 4.69) is 36.2 Å². The highest BCUT2D eigenvalue weighted by atomic mass is 35.5. The average molecular weight is 558 g/mol. The largest absolute Gasteiger partial charge is 0.394 e. The third kappa shape index (κ3) is 8.12. The summed E-state index contributed by atoms with van der Waals surface area (Å²) in [7, 11) is -0.0604. The van der Waals surface area contributed by atoms with Crippen LogP contribution in [0.5, 0.6) is 0 Å². The fourth-order valence-corrected chi connectivity index (χ4v) is 6.16. The molecule has 0 aliphatic rings. The molecule has 12 heteroatoms. The van der Waals surface area contributed by atoms with Crippen LogP contribution in [0, 0.1) is 5.92 Å². The lowest BCUT2D eigenvalue weighted by Crippen LogP contribution is -2.26. The van der Waals surface area contributed by atoms with Crippen LogP contribution in [0.2, 0.25) is 5.02 Å². The molecule has 0 radical (unpaired) electrons. The highest BCUT2D eigenvalue weighted by molar-refractivity contribution is 7.99. The van der Waals surface area contributed by atoms with E-state index in [0.717, 1.165) is 16.7 Å². The Morgan fingerprint density at radius 1 is 1.14 bits per heavy atom. The van der Waals surface area contributed by atoms with Crippen LogP contribution in [0.25, 0.3) is 10.3 Å². The van der Waals surface area contributed by atoms with Crippen molar-refractivity contribution >= 4 is 65.0 Å². The van der Waals surface area contributed by atoms with E-state index in [-0.39, 0.29) is 33.0 Å². The van der Waals surface area contributed by atoms with Gasteiger partial charge in [-0.15, -0.1) is 0 Å². The summed E-state index contributed by atoms with van der Waals surface area (Å²) in [6.45, 7) is 9.82. The third-order valence-corrected chi connectivity index (χ3v) is 8.58. The van der Waals surface area contributed by atoms with Crippen molar-refractivity contribution in [3.8, 4) is 0 Å². The van der Waals surface area contributed by atoms with Crippen molar-refractivity contribution in [3.63, 3.8) is 0 Å². The fraction of sp³-hybridized carbons (Fsp3) is 0.522. The van der Waals surface area contributed by atoms with Gasteiger partial charge in [-0.05, 0) is 44.7 Å². The number of aliphatic hydroxyl groups excluding tert-OH is 2. The van der Waals surface area contributed by atoms with Crippen LogP contribution in [0.1, 0.15) is 51.9 Å².